The molecule has 0 saturated heterocycles. The van der Waals surface area contributed by atoms with E-state index in [2.05, 4.69) is 22.4 Å². The Kier molecular flexibility index (Phi) is 7.93. The van der Waals surface area contributed by atoms with Gasteiger partial charge in [-0.2, -0.15) is 0 Å². The van der Waals surface area contributed by atoms with Crippen molar-refractivity contribution in [3.63, 3.8) is 0 Å². The van der Waals surface area contributed by atoms with Crippen LogP contribution in [0.4, 0.5) is 10.8 Å². The van der Waals surface area contributed by atoms with Crippen molar-refractivity contribution in [1.82, 2.24) is 10.2 Å². The molecule has 1 aromatic heterocycles. The van der Waals surface area contributed by atoms with Crippen molar-refractivity contribution < 1.29 is 13.2 Å². The molecule has 1 N–H and O–H groups in total. The molecular weight excluding hydrogens is 476 g/mol. The van der Waals surface area contributed by atoms with E-state index in [0.717, 1.165) is 28.3 Å². The number of thioether (sulfide) groups is 1. The maximum atomic E-state index is 12.5. The van der Waals surface area contributed by atoms with E-state index in [-0.39, 0.29) is 12.5 Å². The first-order chi connectivity index (χ1) is 14.8. The van der Waals surface area contributed by atoms with Crippen LogP contribution in [0.3, 0.4) is 0 Å². The Balaban J connectivity index is 1.72. The molecule has 3 rings (SSSR count). The molecule has 0 radical (unpaired) electrons. The smallest absolute Gasteiger partial charge is 0.257 e. The van der Waals surface area contributed by atoms with Crippen molar-refractivity contribution in [2.24, 2.45) is 0 Å². The summed E-state index contributed by atoms with van der Waals surface area (Å²) in [6.45, 7) is 2.24. The first-order valence-corrected chi connectivity index (χ1v) is 13.4. The summed E-state index contributed by atoms with van der Waals surface area (Å²) in [5.74, 6) is 0.607. The Morgan fingerprint density at radius 2 is 1.81 bits per heavy atom. The Hall–Kier alpha value is -2.14. The van der Waals surface area contributed by atoms with E-state index in [1.54, 1.807) is 60.3 Å². The number of hydrogen-bond donors (Lipinski definition) is 1. The van der Waals surface area contributed by atoms with Gasteiger partial charge < -0.3 is 0 Å². The fourth-order valence-electron chi connectivity index (χ4n) is 2.61. The van der Waals surface area contributed by atoms with Crippen LogP contribution in [0.15, 0.2) is 52.9 Å². The van der Waals surface area contributed by atoms with Gasteiger partial charge in [0.1, 0.15) is 0 Å². The highest BCUT2D eigenvalue weighted by atomic mass is 35.5. The second-order valence-corrected chi connectivity index (χ2v) is 11.3. The fraction of sp³-hybridized carbons (Fsp3) is 0.250. The second kappa shape index (κ2) is 10.4. The van der Waals surface area contributed by atoms with E-state index >= 15 is 0 Å². The summed E-state index contributed by atoms with van der Waals surface area (Å²) in [6, 6.07) is 13.4. The zero-order chi connectivity index (χ0) is 22.4. The predicted octanol–water partition coefficient (Wildman–Crippen LogP) is 4.91. The van der Waals surface area contributed by atoms with E-state index in [1.807, 2.05) is 0 Å². The molecule has 11 heteroatoms. The van der Waals surface area contributed by atoms with Gasteiger partial charge in [-0.1, -0.05) is 53.8 Å². The van der Waals surface area contributed by atoms with Gasteiger partial charge in [-0.25, -0.2) is 8.42 Å². The van der Waals surface area contributed by atoms with Crippen LogP contribution >= 0.6 is 34.7 Å². The van der Waals surface area contributed by atoms with Crippen LogP contribution in [0.2, 0.25) is 5.02 Å². The molecule has 164 valence electrons. The highest BCUT2D eigenvalue weighted by Gasteiger charge is 2.19. The van der Waals surface area contributed by atoms with E-state index in [0.29, 0.717) is 21.4 Å². The molecule has 3 aromatic rings. The first kappa shape index (κ1) is 23.5. The number of nitrogens with one attached hydrogen (secondary N) is 1. The van der Waals surface area contributed by atoms with Crippen molar-refractivity contribution >= 4 is 61.4 Å². The van der Waals surface area contributed by atoms with Crippen LogP contribution in [-0.4, -0.2) is 36.5 Å². The number of amides is 1. The molecule has 0 aliphatic carbocycles. The summed E-state index contributed by atoms with van der Waals surface area (Å²) in [6.07, 6.45) is 2.17. The number of nitrogens with zero attached hydrogens (tertiary/aromatic N) is 3. The molecule has 31 heavy (non-hydrogen) atoms. The molecule has 0 aliphatic rings. The van der Waals surface area contributed by atoms with Crippen LogP contribution in [0.25, 0.3) is 0 Å². The third kappa shape index (κ3) is 6.67. The average Bonchev–Trinajstić information content (AvgIpc) is 3.18. The Labute approximate surface area is 194 Å². The lowest BCUT2D eigenvalue weighted by atomic mass is 10.2. The molecule has 2 aromatic carbocycles. The highest BCUT2D eigenvalue weighted by molar-refractivity contribution is 8.01. The quantitative estimate of drug-likeness (QED) is 0.334. The zero-order valence-corrected chi connectivity index (χ0v) is 20.1. The average molecular weight is 497 g/mol. The van der Waals surface area contributed by atoms with Crippen molar-refractivity contribution in [2.45, 2.75) is 24.2 Å². The molecule has 1 amide bonds. The van der Waals surface area contributed by atoms with Crippen molar-refractivity contribution in [3.8, 4) is 0 Å². The molecule has 0 bridgehead atoms. The normalized spacial score (nSPS) is 11.3. The number of carbonyl (C=O) groups excluding carboxylic acids is 1. The summed E-state index contributed by atoms with van der Waals surface area (Å²) in [4.78, 5) is 12.5. The van der Waals surface area contributed by atoms with Crippen LogP contribution in [0, 0.1) is 0 Å². The molecule has 0 unspecified atom stereocenters. The summed E-state index contributed by atoms with van der Waals surface area (Å²) >= 11 is 8.82. The molecule has 0 atom stereocenters. The van der Waals surface area contributed by atoms with Gasteiger partial charge in [-0.3, -0.25) is 14.4 Å². The van der Waals surface area contributed by atoms with E-state index in [4.69, 9.17) is 11.6 Å². The van der Waals surface area contributed by atoms with Crippen molar-refractivity contribution in [1.29, 1.82) is 0 Å². The van der Waals surface area contributed by atoms with Gasteiger partial charge in [-0.05, 0) is 48.4 Å². The SMILES string of the molecule is CCCSc1nnc(NC(=O)c2ccc(N(Cc3ccc(Cl)cc3)S(C)(=O)=O)cc2)s1. The maximum absolute atomic E-state index is 12.5. The Morgan fingerprint density at radius 1 is 1.13 bits per heavy atom. The van der Waals surface area contributed by atoms with Gasteiger partial charge in [0.2, 0.25) is 15.2 Å². The van der Waals surface area contributed by atoms with Crippen LogP contribution in [0.5, 0.6) is 0 Å². The zero-order valence-electron chi connectivity index (χ0n) is 16.9. The molecule has 0 saturated carbocycles. The second-order valence-electron chi connectivity index (χ2n) is 6.62. The lowest BCUT2D eigenvalue weighted by Gasteiger charge is -2.22. The van der Waals surface area contributed by atoms with Crippen LogP contribution in [0.1, 0.15) is 29.3 Å². The summed E-state index contributed by atoms with van der Waals surface area (Å²) < 4.78 is 26.8. The molecular formula is C20H21ClN4O3S3. The van der Waals surface area contributed by atoms with Gasteiger partial charge in [0.05, 0.1) is 18.5 Å². The first-order valence-electron chi connectivity index (χ1n) is 9.36. The standard InChI is InChI=1S/C20H21ClN4O3S3/c1-3-12-29-20-24-23-19(30-20)22-18(26)15-6-10-17(11-7-15)25(31(2,27)28)13-14-4-8-16(21)9-5-14/h4-11H,3,12-13H2,1-2H3,(H,22,23,26). The summed E-state index contributed by atoms with van der Waals surface area (Å²) in [5, 5.41) is 11.8. The molecule has 0 aliphatic heterocycles. The number of carbonyl (C=O) groups is 1. The molecule has 1 heterocycles. The molecule has 7 nitrogen and oxygen atoms in total. The molecule has 0 spiro atoms. The fourth-order valence-corrected chi connectivity index (χ4v) is 5.30. The van der Waals surface area contributed by atoms with Crippen molar-refractivity contribution in [2.75, 3.05) is 21.6 Å². The number of rotatable bonds is 9. The Bertz CT molecular complexity index is 1130. The van der Waals surface area contributed by atoms with Gasteiger partial charge in [0, 0.05) is 16.3 Å². The van der Waals surface area contributed by atoms with E-state index in [9.17, 15) is 13.2 Å². The van der Waals surface area contributed by atoms with E-state index in [1.165, 1.54) is 15.6 Å². The van der Waals surface area contributed by atoms with Gasteiger partial charge >= 0.3 is 0 Å². The van der Waals surface area contributed by atoms with Gasteiger partial charge in [0.25, 0.3) is 5.91 Å². The van der Waals surface area contributed by atoms with Crippen LogP contribution < -0.4 is 9.62 Å². The lowest BCUT2D eigenvalue weighted by Crippen LogP contribution is -2.29. The largest absolute Gasteiger partial charge is 0.296 e. The summed E-state index contributed by atoms with van der Waals surface area (Å²) in [5.41, 5.74) is 1.65. The maximum Gasteiger partial charge on any atom is 0.257 e. The number of sulfonamides is 1. The van der Waals surface area contributed by atoms with E-state index < -0.39 is 10.0 Å². The number of benzene rings is 2. The number of hydrogen-bond acceptors (Lipinski definition) is 7. The van der Waals surface area contributed by atoms with Gasteiger partial charge in [-0.15, -0.1) is 10.2 Å². The number of halogens is 1. The van der Waals surface area contributed by atoms with Crippen molar-refractivity contribution in [3.05, 3.63) is 64.7 Å². The lowest BCUT2D eigenvalue weighted by molar-refractivity contribution is 0.102. The monoisotopic (exact) mass is 496 g/mol. The minimum Gasteiger partial charge on any atom is -0.296 e. The minimum atomic E-state index is -3.53. The number of anilines is 2. The predicted molar refractivity (Wildman–Crippen MR) is 128 cm³/mol. The minimum absolute atomic E-state index is 0.157. The van der Waals surface area contributed by atoms with Crippen LogP contribution in [-0.2, 0) is 16.6 Å². The molecule has 0 fully saturated rings. The number of aromatic nitrogens is 2. The highest BCUT2D eigenvalue weighted by Crippen LogP contribution is 2.27. The van der Waals surface area contributed by atoms with Gasteiger partial charge in [0.15, 0.2) is 4.34 Å². The third-order valence-corrected chi connectivity index (χ3v) is 7.68. The topological polar surface area (TPSA) is 92.3 Å². The third-order valence-electron chi connectivity index (χ3n) is 4.11. The summed E-state index contributed by atoms with van der Waals surface area (Å²) in [7, 11) is -3.53. The Morgan fingerprint density at radius 3 is 2.42 bits per heavy atom.